The summed E-state index contributed by atoms with van der Waals surface area (Å²) in [6.45, 7) is 1.98. The first-order valence-electron chi connectivity index (χ1n) is 6.87. The molecule has 4 nitrogen and oxygen atoms in total. The molecule has 0 radical (unpaired) electrons. The molecule has 0 amide bonds. The van der Waals surface area contributed by atoms with Crippen LogP contribution in [0.4, 0.5) is 5.69 Å². The minimum absolute atomic E-state index is 0.0727. The van der Waals surface area contributed by atoms with Crippen molar-refractivity contribution < 1.29 is 4.21 Å². The summed E-state index contributed by atoms with van der Waals surface area (Å²) in [6, 6.07) is 15.1. The first-order chi connectivity index (χ1) is 10.5. The van der Waals surface area contributed by atoms with Crippen LogP contribution in [0, 0.1) is 0 Å². The fourth-order valence-electron chi connectivity index (χ4n) is 2.32. The molecule has 0 saturated heterocycles. The van der Waals surface area contributed by atoms with Gasteiger partial charge in [-0.2, -0.15) is 4.36 Å². The lowest BCUT2D eigenvalue weighted by Gasteiger charge is -2.20. The van der Waals surface area contributed by atoms with Crippen molar-refractivity contribution in [3.05, 3.63) is 59.1 Å². The Morgan fingerprint density at radius 1 is 1.23 bits per heavy atom. The van der Waals surface area contributed by atoms with E-state index in [0.29, 0.717) is 15.9 Å². The molecule has 2 aromatic carbocycles. The van der Waals surface area contributed by atoms with Gasteiger partial charge in [-0.05, 0) is 30.7 Å². The Labute approximate surface area is 135 Å². The summed E-state index contributed by atoms with van der Waals surface area (Å²) < 4.78 is 17.0. The quantitative estimate of drug-likeness (QED) is 0.888. The zero-order chi connectivity index (χ0) is 15.7. The van der Waals surface area contributed by atoms with E-state index in [1.54, 1.807) is 24.5 Å². The Morgan fingerprint density at radius 2 is 1.95 bits per heavy atom. The lowest BCUT2D eigenvalue weighted by Crippen LogP contribution is -2.20. The Morgan fingerprint density at radius 3 is 2.68 bits per heavy atom. The third-order valence-electron chi connectivity index (χ3n) is 3.46. The van der Waals surface area contributed by atoms with Crippen LogP contribution in [-0.2, 0) is 9.73 Å². The monoisotopic (exact) mass is 333 g/mol. The molecular weight excluding hydrogens is 318 g/mol. The predicted molar refractivity (Wildman–Crippen MR) is 92.1 cm³/mol. The lowest BCUT2D eigenvalue weighted by atomic mass is 10.1. The fraction of sp³-hybridized carbons (Fsp3) is 0.188. The number of hydrogen-bond donors (Lipinski definition) is 1. The van der Waals surface area contributed by atoms with E-state index < -0.39 is 9.73 Å². The van der Waals surface area contributed by atoms with Crippen LogP contribution in [0.3, 0.4) is 0 Å². The molecule has 1 aliphatic rings. The van der Waals surface area contributed by atoms with Gasteiger partial charge in [0, 0.05) is 11.3 Å². The molecule has 0 fully saturated rings. The molecule has 1 aliphatic heterocycles. The Bertz CT molecular complexity index is 855. The van der Waals surface area contributed by atoms with Crippen molar-refractivity contribution in [2.45, 2.75) is 17.9 Å². The van der Waals surface area contributed by atoms with Crippen LogP contribution in [0.15, 0.2) is 62.8 Å². The van der Waals surface area contributed by atoms with Gasteiger partial charge >= 0.3 is 0 Å². The van der Waals surface area contributed by atoms with Crippen molar-refractivity contribution in [1.82, 2.24) is 0 Å². The summed E-state index contributed by atoms with van der Waals surface area (Å²) in [6.07, 6.45) is 1.60. The van der Waals surface area contributed by atoms with E-state index in [1.807, 2.05) is 37.3 Å². The second-order valence-corrected chi connectivity index (χ2v) is 7.86. The first kappa shape index (κ1) is 15.1. The smallest absolute Gasteiger partial charge is 0.231 e. The molecule has 0 aliphatic carbocycles. The molecule has 2 aromatic rings. The summed E-state index contributed by atoms with van der Waals surface area (Å²) in [5.74, 6) is 0.388. The van der Waals surface area contributed by atoms with Gasteiger partial charge in [-0.25, -0.2) is 9.20 Å². The molecule has 6 heteroatoms. The van der Waals surface area contributed by atoms with E-state index >= 15 is 0 Å². The molecule has 2 atom stereocenters. The average molecular weight is 334 g/mol. The minimum atomic E-state index is -2.54. The zero-order valence-corrected chi connectivity index (χ0v) is 13.9. The van der Waals surface area contributed by atoms with E-state index in [4.69, 9.17) is 11.6 Å². The second kappa shape index (κ2) is 5.74. The van der Waals surface area contributed by atoms with Gasteiger partial charge in [-0.1, -0.05) is 41.9 Å². The molecule has 22 heavy (non-hydrogen) atoms. The normalized spacial score (nSPS) is 23.3. The van der Waals surface area contributed by atoms with Gasteiger partial charge < -0.3 is 5.32 Å². The molecule has 0 aromatic heterocycles. The lowest BCUT2D eigenvalue weighted by molar-refractivity contribution is 0.680. The highest BCUT2D eigenvalue weighted by atomic mass is 35.5. The molecule has 0 saturated carbocycles. The standard InChI is InChI=1S/C16H16ClN3OS/c1-11(12-6-4-3-5-7-12)18-16-19-14-9-8-13(17)10-15(14)22(2,21)20-16/h3-11H,1-2H3,(H,18,19,20,21). The number of fused-ring (bicyclic) bond motifs is 1. The molecule has 114 valence electrons. The number of hydrogen-bond acceptors (Lipinski definition) is 2. The number of benzene rings is 2. The topological polar surface area (TPSA) is 53.8 Å². The van der Waals surface area contributed by atoms with Crippen LogP contribution in [0.25, 0.3) is 0 Å². The second-order valence-electron chi connectivity index (χ2n) is 5.20. The van der Waals surface area contributed by atoms with E-state index in [0.717, 1.165) is 11.3 Å². The van der Waals surface area contributed by atoms with Crippen LogP contribution >= 0.6 is 11.6 Å². The average Bonchev–Trinajstić information content (AvgIpc) is 2.48. The summed E-state index contributed by atoms with van der Waals surface area (Å²) >= 11 is 5.98. The maximum Gasteiger partial charge on any atom is 0.231 e. The van der Waals surface area contributed by atoms with Gasteiger partial charge in [0.25, 0.3) is 0 Å². The molecular formula is C16H16ClN3OS. The largest absolute Gasteiger partial charge is 0.323 e. The summed E-state index contributed by atoms with van der Waals surface area (Å²) in [4.78, 5) is 5.17. The molecule has 0 spiro atoms. The van der Waals surface area contributed by atoms with Crippen molar-refractivity contribution >= 4 is 33.0 Å². The SMILES string of the molecule is CC(N=C1N=S(C)(=O)c2cc(Cl)ccc2N1)c1ccccc1. The highest BCUT2D eigenvalue weighted by Crippen LogP contribution is 2.30. The van der Waals surface area contributed by atoms with Gasteiger partial charge in [0.15, 0.2) is 0 Å². The van der Waals surface area contributed by atoms with Gasteiger partial charge in [0.05, 0.1) is 26.4 Å². The number of nitrogens with zero attached hydrogens (tertiary/aromatic N) is 2. The van der Waals surface area contributed by atoms with Crippen LogP contribution < -0.4 is 5.32 Å². The summed E-state index contributed by atoms with van der Waals surface area (Å²) in [7, 11) is -2.54. The molecule has 1 N–H and O–H groups in total. The minimum Gasteiger partial charge on any atom is -0.323 e. The van der Waals surface area contributed by atoms with Crippen molar-refractivity contribution in [1.29, 1.82) is 0 Å². The predicted octanol–water partition coefficient (Wildman–Crippen LogP) is 4.34. The van der Waals surface area contributed by atoms with Crippen molar-refractivity contribution in [2.75, 3.05) is 11.6 Å². The molecule has 1 heterocycles. The van der Waals surface area contributed by atoms with Crippen molar-refractivity contribution in [3.63, 3.8) is 0 Å². The number of rotatable bonds is 2. The summed E-state index contributed by atoms with van der Waals surface area (Å²) in [5, 5.41) is 3.67. The van der Waals surface area contributed by atoms with E-state index in [1.165, 1.54) is 0 Å². The Hall–Kier alpha value is -1.85. The number of anilines is 1. The molecule has 3 rings (SSSR count). The highest BCUT2D eigenvalue weighted by Gasteiger charge is 2.20. The van der Waals surface area contributed by atoms with Crippen LogP contribution in [0.1, 0.15) is 18.5 Å². The zero-order valence-electron chi connectivity index (χ0n) is 12.3. The highest BCUT2D eigenvalue weighted by molar-refractivity contribution is 7.93. The molecule has 0 bridgehead atoms. The van der Waals surface area contributed by atoms with E-state index in [2.05, 4.69) is 14.7 Å². The molecule has 2 unspecified atom stereocenters. The van der Waals surface area contributed by atoms with Crippen molar-refractivity contribution in [2.24, 2.45) is 9.36 Å². The van der Waals surface area contributed by atoms with Gasteiger partial charge in [0.2, 0.25) is 5.96 Å². The van der Waals surface area contributed by atoms with Gasteiger partial charge in [0.1, 0.15) is 0 Å². The third kappa shape index (κ3) is 3.00. The third-order valence-corrected chi connectivity index (χ3v) is 5.37. The van der Waals surface area contributed by atoms with Gasteiger partial charge in [-0.3, -0.25) is 0 Å². The van der Waals surface area contributed by atoms with E-state index in [9.17, 15) is 4.21 Å². The number of halogens is 1. The maximum atomic E-state index is 12.8. The van der Waals surface area contributed by atoms with Crippen LogP contribution in [0.5, 0.6) is 0 Å². The first-order valence-corrected chi connectivity index (χ1v) is 9.17. The Balaban J connectivity index is 2.00. The van der Waals surface area contributed by atoms with E-state index in [-0.39, 0.29) is 6.04 Å². The number of guanidine groups is 1. The maximum absolute atomic E-state index is 12.8. The van der Waals surface area contributed by atoms with Gasteiger partial charge in [-0.15, -0.1) is 0 Å². The number of aliphatic imine (C=N–C) groups is 1. The van der Waals surface area contributed by atoms with Crippen LogP contribution in [0.2, 0.25) is 5.02 Å². The summed E-state index contributed by atoms with van der Waals surface area (Å²) in [5.41, 5.74) is 1.82. The fourth-order valence-corrected chi connectivity index (χ4v) is 3.95. The number of nitrogens with one attached hydrogen (secondary N) is 1. The Kier molecular flexibility index (Phi) is 3.93. The van der Waals surface area contributed by atoms with Crippen molar-refractivity contribution in [3.8, 4) is 0 Å². The van der Waals surface area contributed by atoms with Crippen LogP contribution in [-0.4, -0.2) is 16.4 Å².